The number of hydrogen-bond acceptors (Lipinski definition) is 12. The zero-order valence-corrected chi connectivity index (χ0v) is 65.8. The number of hydrogen-bond donors (Lipinski definition) is 3. The smallest absolute Gasteiger partial charge is 0.343 e. The molecule has 11 atom stereocenters. The molecule has 1 spiro atoms. The van der Waals surface area contributed by atoms with Crippen LogP contribution in [-0.2, 0) is 57.5 Å². The molecule has 105 heavy (non-hydrogen) atoms. The third kappa shape index (κ3) is 22.7. The zero-order valence-electron chi connectivity index (χ0n) is 65.1. The van der Waals surface area contributed by atoms with Gasteiger partial charge in [-0.15, -0.1) is 11.6 Å². The van der Waals surface area contributed by atoms with Crippen molar-refractivity contribution in [3.05, 3.63) is 0 Å². The lowest BCUT2D eigenvalue weighted by Crippen LogP contribution is -2.65. The summed E-state index contributed by atoms with van der Waals surface area (Å²) in [4.78, 5) is 193. The number of likely N-dealkylation sites (tertiary alicyclic amines) is 1. The van der Waals surface area contributed by atoms with E-state index in [1.807, 2.05) is 20.8 Å². The molecule has 5 saturated carbocycles. The highest BCUT2D eigenvalue weighted by Crippen LogP contribution is 2.44. The van der Waals surface area contributed by atoms with Crippen molar-refractivity contribution in [2.24, 2.45) is 41.4 Å². The third-order valence-electron chi connectivity index (χ3n) is 24.8. The first-order valence-electron chi connectivity index (χ1n) is 39.6. The van der Waals surface area contributed by atoms with E-state index >= 15 is 28.8 Å². The normalized spacial score (nSPS) is 29.7. The van der Waals surface area contributed by atoms with Crippen LogP contribution in [0.5, 0.6) is 0 Å². The minimum Gasteiger partial charge on any atom is -0.343 e. The van der Waals surface area contributed by atoms with Crippen molar-refractivity contribution >= 4 is 82.5 Å². The first-order chi connectivity index (χ1) is 49.6. The molecule has 2 heterocycles. The fraction of sp³-hybridized carbons (Fsp3) is 0.844. The summed E-state index contributed by atoms with van der Waals surface area (Å²) in [5.74, 6) is -10.6. The van der Waals surface area contributed by atoms with Crippen molar-refractivity contribution in [2.75, 3.05) is 89.1 Å². The topological polar surface area (TPSA) is 270 Å². The Hall–Kier alpha value is -6.28. The Kier molecular flexibility index (Phi) is 32.1. The molecule has 0 radical (unpaired) electrons. The van der Waals surface area contributed by atoms with Gasteiger partial charge in [-0.3, -0.25) is 57.5 Å². The Morgan fingerprint density at radius 2 is 1.08 bits per heavy atom. The van der Waals surface area contributed by atoms with Crippen molar-refractivity contribution in [3.8, 4) is 0 Å². The van der Waals surface area contributed by atoms with Gasteiger partial charge in [0.05, 0.1) is 32.0 Å². The van der Waals surface area contributed by atoms with Gasteiger partial charge in [-0.05, 0) is 132 Å². The van der Waals surface area contributed by atoms with Gasteiger partial charge < -0.3 is 60.0 Å². The number of piperidine rings is 1. The fourth-order valence-corrected chi connectivity index (χ4v) is 18.2. The number of amides is 12. The van der Waals surface area contributed by atoms with Gasteiger partial charge in [0.2, 0.25) is 70.9 Å². The number of likely N-dealkylation sites (N-methyl/N-ethyl adjacent to an activating group) is 8. The summed E-state index contributed by atoms with van der Waals surface area (Å²) in [6, 6.07) is -8.64. The summed E-state index contributed by atoms with van der Waals surface area (Å²) in [5, 5.41) is 7.77. The van der Waals surface area contributed by atoms with E-state index in [-0.39, 0.29) is 87.9 Å². The van der Waals surface area contributed by atoms with Crippen molar-refractivity contribution in [2.45, 2.75) is 286 Å². The maximum atomic E-state index is 16.0. The Labute approximate surface area is 627 Å². The van der Waals surface area contributed by atoms with Crippen LogP contribution in [0.1, 0.15) is 227 Å². The van der Waals surface area contributed by atoms with E-state index in [0.29, 0.717) is 58.0 Å². The van der Waals surface area contributed by atoms with E-state index in [2.05, 4.69) is 16.0 Å². The molecule has 3 unspecified atom stereocenters. The molecule has 7 aliphatic rings. The molecule has 7 rings (SSSR count). The molecule has 2 saturated heterocycles. The van der Waals surface area contributed by atoms with E-state index in [4.69, 9.17) is 11.6 Å². The summed E-state index contributed by atoms with van der Waals surface area (Å²) in [6.45, 7) is 6.51. The summed E-state index contributed by atoms with van der Waals surface area (Å²) in [7, 11) is 11.6. The lowest BCUT2D eigenvalue weighted by atomic mass is 9.78. The van der Waals surface area contributed by atoms with Gasteiger partial charge in [-0.2, -0.15) is 13.2 Å². The van der Waals surface area contributed by atoms with Crippen molar-refractivity contribution in [1.29, 1.82) is 0 Å². The van der Waals surface area contributed by atoms with Gasteiger partial charge in [0.1, 0.15) is 47.8 Å². The number of nitrogens with one attached hydrogen (secondary N) is 3. The van der Waals surface area contributed by atoms with Crippen LogP contribution in [0.15, 0.2) is 0 Å². The molecular formula is C77H126ClF3N12O12. The number of alkyl halides is 4. The Morgan fingerprint density at radius 3 is 1.64 bits per heavy atom. The monoisotopic (exact) mass is 1500 g/mol. The fourth-order valence-electron chi connectivity index (χ4n) is 17.7. The second-order valence-electron chi connectivity index (χ2n) is 32.9. The average Bonchev–Trinajstić information content (AvgIpc) is 1.75. The minimum absolute atomic E-state index is 0.00303. The van der Waals surface area contributed by atoms with Crippen LogP contribution in [0.25, 0.3) is 0 Å². The number of carbonyl (C=O) groups excluding carboxylic acids is 12. The lowest BCUT2D eigenvalue weighted by Gasteiger charge is -2.42. The highest BCUT2D eigenvalue weighted by atomic mass is 35.5. The Morgan fingerprint density at radius 1 is 0.533 bits per heavy atom. The first-order valence-corrected chi connectivity index (χ1v) is 40.0. The number of rotatable bonds is 13. The molecule has 594 valence electrons. The number of carbonyl (C=O) groups is 12. The highest BCUT2D eigenvalue weighted by molar-refractivity contribution is 6.21. The van der Waals surface area contributed by atoms with Gasteiger partial charge in [0.25, 0.3) is 0 Å². The second-order valence-corrected chi connectivity index (χ2v) is 33.5. The molecule has 7 fully saturated rings. The maximum absolute atomic E-state index is 16.0. The van der Waals surface area contributed by atoms with Crippen LogP contribution in [0.3, 0.4) is 0 Å². The largest absolute Gasteiger partial charge is 0.393 e. The molecule has 2 aliphatic heterocycles. The number of nitrogens with zero attached hydrogens (tertiary/aromatic N) is 9. The van der Waals surface area contributed by atoms with Gasteiger partial charge >= 0.3 is 6.18 Å². The predicted molar refractivity (Wildman–Crippen MR) is 393 cm³/mol. The Bertz CT molecular complexity index is 3010. The van der Waals surface area contributed by atoms with Crippen LogP contribution in [0, 0.1) is 41.4 Å². The van der Waals surface area contributed by atoms with Gasteiger partial charge in [-0.1, -0.05) is 124 Å². The van der Waals surface area contributed by atoms with Crippen LogP contribution < -0.4 is 16.0 Å². The van der Waals surface area contributed by atoms with E-state index < -0.39 is 174 Å². The summed E-state index contributed by atoms with van der Waals surface area (Å²) >= 11 is 6.47. The molecule has 0 aromatic rings. The van der Waals surface area contributed by atoms with Crippen LogP contribution in [0.2, 0.25) is 0 Å². The molecule has 0 aromatic carbocycles. The Balaban J connectivity index is 1.31. The molecule has 28 heteroatoms. The predicted octanol–water partition coefficient (Wildman–Crippen LogP) is 7.90. The molecule has 0 bridgehead atoms. The standard InChI is InChI=1S/C77H126ClF3N12O12/c1-13-50(4)66-73(103)87(7)47-64(96)85(5)48-65(97)89(9)60(44-52-29-19-15-20-30-52)71(101)86(6)46-62(94)82-57(36-34-53-33-35-55(56(78)42-53)77(79,80)81)70(100)90(10)59(43-51-27-17-14-18-28-51)69(99)84-76(37-23-24-38-76)75(105)92(12)67(54-31-21-22-32-54)74(104)91(11)61(72(102)93-39-25-16-26-40-93)45-63(95)88(8)58(41-49(2)3)68(98)83-66/h49-61,66-67H,13-48H2,1-12H3,(H,82,94)(H,83,98)(H,84,99)/t50-,53?,55?,56?,57-,58-,59+,60-,61-,66-,67-/m0/s1. The molecule has 12 amide bonds. The third-order valence-corrected chi connectivity index (χ3v) is 25.2. The van der Waals surface area contributed by atoms with Gasteiger partial charge in [-0.25, -0.2) is 0 Å². The highest BCUT2D eigenvalue weighted by Gasteiger charge is 2.52. The SMILES string of the molecule is CC[C@H](C)[C@@H]1NC(=O)[C@H](CC(C)C)N(C)C(=O)C[C@@H](C(=O)N2CCCCC2)N(C)C(=O)[C@H](C2CCCC2)N(C)C(=O)C2(CCCC2)NC(=O)[C@@H](CC2CCCCC2)N(C)C(=O)[C@H](CCC2CCC(C(F)(F)F)C(Cl)C2)NC(=O)CN(C)C(=O)[C@H](CC2CCCCC2)N(C)C(=O)CN(C)C(=O)CN(C)C1=O. The molecule has 3 N–H and O–H groups in total. The van der Waals surface area contributed by atoms with Gasteiger partial charge in [0, 0.05) is 74.8 Å². The van der Waals surface area contributed by atoms with Crippen molar-refractivity contribution in [1.82, 2.24) is 60.0 Å². The molecule has 24 nitrogen and oxygen atoms in total. The average molecular weight is 1500 g/mol. The maximum Gasteiger partial charge on any atom is 0.393 e. The lowest BCUT2D eigenvalue weighted by molar-refractivity contribution is -0.182. The first kappa shape index (κ1) is 86.0. The van der Waals surface area contributed by atoms with Gasteiger partial charge in [0.15, 0.2) is 0 Å². The van der Waals surface area contributed by atoms with E-state index in [9.17, 15) is 41.9 Å². The molecule has 0 aromatic heterocycles. The van der Waals surface area contributed by atoms with Crippen molar-refractivity contribution in [3.63, 3.8) is 0 Å². The zero-order chi connectivity index (χ0) is 77.4. The van der Waals surface area contributed by atoms with Crippen LogP contribution in [-0.4, -0.2) is 263 Å². The van der Waals surface area contributed by atoms with Crippen molar-refractivity contribution < 1.29 is 70.7 Å². The van der Waals surface area contributed by atoms with E-state index in [0.717, 1.165) is 88.4 Å². The number of halogens is 4. The summed E-state index contributed by atoms with van der Waals surface area (Å²) in [5.41, 5.74) is -1.58. The summed E-state index contributed by atoms with van der Waals surface area (Å²) in [6.07, 6.45) is 10.9. The quantitative estimate of drug-likeness (QED) is 0.149. The van der Waals surface area contributed by atoms with E-state index in [1.54, 1.807) is 18.9 Å². The summed E-state index contributed by atoms with van der Waals surface area (Å²) < 4.78 is 42.4. The van der Waals surface area contributed by atoms with Crippen LogP contribution >= 0.6 is 11.6 Å². The molecular weight excluding hydrogens is 1380 g/mol. The van der Waals surface area contributed by atoms with E-state index in [1.165, 1.54) is 83.6 Å². The minimum atomic E-state index is -4.51. The second kappa shape index (κ2) is 39.2. The molecule has 5 aliphatic carbocycles. The van der Waals surface area contributed by atoms with Crippen LogP contribution in [0.4, 0.5) is 13.2 Å².